The van der Waals surface area contributed by atoms with Gasteiger partial charge in [0.25, 0.3) is 0 Å². The highest BCUT2D eigenvalue weighted by atomic mass is 32.1. The van der Waals surface area contributed by atoms with E-state index in [1.165, 1.54) is 0 Å². The van der Waals surface area contributed by atoms with E-state index in [1.54, 1.807) is 44.2 Å². The second kappa shape index (κ2) is 5.88. The van der Waals surface area contributed by atoms with Gasteiger partial charge in [-0.15, -0.1) is 11.3 Å². The SMILES string of the molecule is Cc1sc(C(=O)OC(N)=O)c(C(=O)c2ccccc2)c1C. The topological polar surface area (TPSA) is 86.5 Å². The smallest absolute Gasteiger partial charge is 0.372 e. The Morgan fingerprint density at radius 3 is 2.29 bits per heavy atom. The van der Waals surface area contributed by atoms with Crippen LogP contribution in [0.3, 0.4) is 0 Å². The first-order chi connectivity index (χ1) is 9.91. The number of thiophene rings is 1. The number of amides is 1. The molecule has 0 bridgehead atoms. The molecule has 5 nitrogen and oxygen atoms in total. The maximum atomic E-state index is 12.6. The molecule has 0 unspecified atom stereocenters. The number of aryl methyl sites for hydroxylation is 1. The first-order valence-corrected chi connectivity index (χ1v) is 6.94. The van der Waals surface area contributed by atoms with Gasteiger partial charge in [0, 0.05) is 10.4 Å². The number of ether oxygens (including phenoxy) is 1. The molecule has 108 valence electrons. The van der Waals surface area contributed by atoms with Crippen LogP contribution in [-0.2, 0) is 4.74 Å². The molecule has 2 aromatic rings. The summed E-state index contributed by atoms with van der Waals surface area (Å²) >= 11 is 1.11. The zero-order chi connectivity index (χ0) is 15.6. The Hall–Kier alpha value is -2.47. The molecule has 2 rings (SSSR count). The number of primary amides is 1. The third-order valence-electron chi connectivity index (χ3n) is 3.03. The van der Waals surface area contributed by atoms with Gasteiger partial charge < -0.3 is 10.5 Å². The second-order valence-electron chi connectivity index (χ2n) is 4.39. The fraction of sp³-hybridized carbons (Fsp3) is 0.133. The van der Waals surface area contributed by atoms with Crippen LogP contribution in [0.15, 0.2) is 30.3 Å². The molecule has 0 fully saturated rings. The molecule has 1 aromatic carbocycles. The van der Waals surface area contributed by atoms with Gasteiger partial charge in [0.15, 0.2) is 5.78 Å². The molecule has 0 aliphatic rings. The van der Waals surface area contributed by atoms with Gasteiger partial charge in [0.05, 0.1) is 5.56 Å². The molecule has 1 amide bonds. The van der Waals surface area contributed by atoms with Crippen LogP contribution in [0.5, 0.6) is 0 Å². The molecule has 0 saturated carbocycles. The number of carbonyl (C=O) groups excluding carboxylic acids is 3. The van der Waals surface area contributed by atoms with Gasteiger partial charge in [-0.25, -0.2) is 9.59 Å². The van der Waals surface area contributed by atoms with Crippen molar-refractivity contribution in [3.8, 4) is 0 Å². The zero-order valence-corrected chi connectivity index (χ0v) is 12.3. The van der Waals surface area contributed by atoms with Gasteiger partial charge >= 0.3 is 12.1 Å². The predicted molar refractivity (Wildman–Crippen MR) is 78.7 cm³/mol. The molecule has 0 spiro atoms. The molecular formula is C15H13NO4S. The lowest BCUT2D eigenvalue weighted by Gasteiger charge is -2.04. The molecule has 0 aliphatic carbocycles. The minimum Gasteiger partial charge on any atom is -0.372 e. The standard InChI is InChI=1S/C15H13NO4S/c1-8-9(2)21-13(14(18)20-15(16)19)11(8)12(17)10-6-4-3-5-7-10/h3-7H,1-2H3,(H2,16,19). The Balaban J connectivity index is 2.50. The molecular weight excluding hydrogens is 290 g/mol. The van der Waals surface area contributed by atoms with Crippen molar-refractivity contribution in [2.45, 2.75) is 13.8 Å². The third kappa shape index (κ3) is 3.00. The van der Waals surface area contributed by atoms with E-state index in [0.717, 1.165) is 16.2 Å². The van der Waals surface area contributed by atoms with Gasteiger partial charge in [0.2, 0.25) is 0 Å². The van der Waals surface area contributed by atoms with Crippen LogP contribution in [0.1, 0.15) is 36.0 Å². The summed E-state index contributed by atoms with van der Waals surface area (Å²) in [4.78, 5) is 36.1. The third-order valence-corrected chi connectivity index (χ3v) is 4.21. The summed E-state index contributed by atoms with van der Waals surface area (Å²) < 4.78 is 4.39. The number of ketones is 1. The number of hydrogen-bond donors (Lipinski definition) is 1. The van der Waals surface area contributed by atoms with Crippen molar-refractivity contribution in [3.05, 3.63) is 56.8 Å². The number of carbonyl (C=O) groups is 3. The van der Waals surface area contributed by atoms with E-state index in [2.05, 4.69) is 4.74 Å². The highest BCUT2D eigenvalue weighted by molar-refractivity contribution is 7.14. The summed E-state index contributed by atoms with van der Waals surface area (Å²) in [5, 5.41) is 0. The van der Waals surface area contributed by atoms with Crippen LogP contribution >= 0.6 is 11.3 Å². The minimum atomic E-state index is -1.19. The quantitative estimate of drug-likeness (QED) is 0.536. The summed E-state index contributed by atoms with van der Waals surface area (Å²) in [6.07, 6.45) is -1.19. The summed E-state index contributed by atoms with van der Waals surface area (Å²) in [5.41, 5.74) is 6.27. The summed E-state index contributed by atoms with van der Waals surface area (Å²) in [5.74, 6) is -1.18. The Morgan fingerprint density at radius 1 is 1.10 bits per heavy atom. The van der Waals surface area contributed by atoms with E-state index in [0.29, 0.717) is 11.1 Å². The fourth-order valence-electron chi connectivity index (χ4n) is 1.92. The molecule has 0 aliphatic heterocycles. The Labute approximate surface area is 125 Å². The Kier molecular flexibility index (Phi) is 4.18. The van der Waals surface area contributed by atoms with Crippen molar-refractivity contribution >= 4 is 29.2 Å². The van der Waals surface area contributed by atoms with Crippen molar-refractivity contribution in [3.63, 3.8) is 0 Å². The first kappa shape index (κ1) is 14.9. The highest BCUT2D eigenvalue weighted by Gasteiger charge is 2.26. The molecule has 6 heteroatoms. The number of nitrogens with two attached hydrogens (primary N) is 1. The molecule has 0 saturated heterocycles. The van der Waals surface area contributed by atoms with Crippen molar-refractivity contribution in [1.29, 1.82) is 0 Å². The summed E-state index contributed by atoms with van der Waals surface area (Å²) in [6.45, 7) is 3.55. The van der Waals surface area contributed by atoms with Crippen LogP contribution in [0.2, 0.25) is 0 Å². The largest absolute Gasteiger partial charge is 0.412 e. The van der Waals surface area contributed by atoms with E-state index in [1.807, 2.05) is 0 Å². The normalized spacial score (nSPS) is 10.2. The molecule has 21 heavy (non-hydrogen) atoms. The van der Waals surface area contributed by atoms with E-state index in [-0.39, 0.29) is 16.2 Å². The number of benzene rings is 1. The van der Waals surface area contributed by atoms with Crippen LogP contribution < -0.4 is 5.73 Å². The predicted octanol–water partition coefficient (Wildman–Crippen LogP) is 2.83. The van der Waals surface area contributed by atoms with E-state index < -0.39 is 12.1 Å². The number of esters is 1. The number of hydrogen-bond acceptors (Lipinski definition) is 5. The van der Waals surface area contributed by atoms with Gasteiger partial charge in [-0.05, 0) is 19.4 Å². The van der Waals surface area contributed by atoms with Gasteiger partial charge in [-0.2, -0.15) is 0 Å². The fourth-order valence-corrected chi connectivity index (χ4v) is 2.95. The maximum absolute atomic E-state index is 12.6. The molecule has 0 atom stereocenters. The molecule has 0 radical (unpaired) electrons. The van der Waals surface area contributed by atoms with Crippen molar-refractivity contribution in [2.24, 2.45) is 5.73 Å². The second-order valence-corrected chi connectivity index (χ2v) is 5.62. The van der Waals surface area contributed by atoms with Gasteiger partial charge in [-0.3, -0.25) is 4.79 Å². The maximum Gasteiger partial charge on any atom is 0.412 e. The van der Waals surface area contributed by atoms with E-state index in [4.69, 9.17) is 5.73 Å². The van der Waals surface area contributed by atoms with E-state index in [9.17, 15) is 14.4 Å². The Morgan fingerprint density at radius 2 is 1.71 bits per heavy atom. The lowest BCUT2D eigenvalue weighted by Crippen LogP contribution is -2.19. The molecule has 1 heterocycles. The van der Waals surface area contributed by atoms with Crippen molar-refractivity contribution < 1.29 is 19.1 Å². The van der Waals surface area contributed by atoms with Crippen LogP contribution in [0, 0.1) is 13.8 Å². The zero-order valence-electron chi connectivity index (χ0n) is 11.5. The van der Waals surface area contributed by atoms with Crippen molar-refractivity contribution in [1.82, 2.24) is 0 Å². The summed E-state index contributed by atoms with van der Waals surface area (Å²) in [7, 11) is 0. The van der Waals surface area contributed by atoms with Gasteiger partial charge in [-0.1, -0.05) is 30.3 Å². The average Bonchev–Trinajstić information content (AvgIpc) is 2.74. The monoisotopic (exact) mass is 303 g/mol. The molecule has 1 aromatic heterocycles. The first-order valence-electron chi connectivity index (χ1n) is 6.13. The average molecular weight is 303 g/mol. The minimum absolute atomic E-state index is 0.0950. The highest BCUT2D eigenvalue weighted by Crippen LogP contribution is 2.30. The van der Waals surface area contributed by atoms with Crippen molar-refractivity contribution in [2.75, 3.05) is 0 Å². The van der Waals surface area contributed by atoms with Crippen LogP contribution in [0.25, 0.3) is 0 Å². The Bertz CT molecular complexity index is 719. The summed E-state index contributed by atoms with van der Waals surface area (Å²) in [6, 6.07) is 8.60. The van der Waals surface area contributed by atoms with Crippen LogP contribution in [0.4, 0.5) is 4.79 Å². The van der Waals surface area contributed by atoms with Gasteiger partial charge in [0.1, 0.15) is 4.88 Å². The van der Waals surface area contributed by atoms with Crippen LogP contribution in [-0.4, -0.2) is 17.8 Å². The lowest BCUT2D eigenvalue weighted by atomic mass is 9.99. The molecule has 2 N–H and O–H groups in total. The lowest BCUT2D eigenvalue weighted by molar-refractivity contribution is 0.0640. The van der Waals surface area contributed by atoms with E-state index >= 15 is 0 Å². The number of rotatable bonds is 3.